The fourth-order valence-electron chi connectivity index (χ4n) is 2.35. The second-order valence-electron chi connectivity index (χ2n) is 5.85. The maximum absolute atomic E-state index is 12.0. The van der Waals surface area contributed by atoms with Gasteiger partial charge in [-0.15, -0.1) is 0 Å². The van der Waals surface area contributed by atoms with Gasteiger partial charge >= 0.3 is 5.97 Å². The summed E-state index contributed by atoms with van der Waals surface area (Å²) in [5.41, 5.74) is 1.63. The molecule has 0 fully saturated rings. The second kappa shape index (κ2) is 9.56. The highest BCUT2D eigenvalue weighted by Crippen LogP contribution is 2.12. The summed E-state index contributed by atoms with van der Waals surface area (Å²) in [4.78, 5) is 26.8. The molecule has 0 atom stereocenters. The van der Waals surface area contributed by atoms with Crippen LogP contribution in [0.1, 0.15) is 49.9 Å². The van der Waals surface area contributed by atoms with Crippen LogP contribution in [-0.4, -0.2) is 27.1 Å². The molecule has 1 aromatic heterocycles. The van der Waals surface area contributed by atoms with Gasteiger partial charge in [-0.2, -0.15) is 4.98 Å². The van der Waals surface area contributed by atoms with Gasteiger partial charge in [0.1, 0.15) is 0 Å². The number of rotatable bonds is 10. The van der Waals surface area contributed by atoms with Crippen molar-refractivity contribution in [2.24, 2.45) is 0 Å². The van der Waals surface area contributed by atoms with Gasteiger partial charge in [0, 0.05) is 31.4 Å². The highest BCUT2D eigenvalue weighted by molar-refractivity contribution is 5.90. The lowest BCUT2D eigenvalue weighted by Crippen LogP contribution is -2.11. The molecule has 0 aliphatic heterocycles. The van der Waals surface area contributed by atoms with Crippen molar-refractivity contribution in [2.45, 2.75) is 51.9 Å². The first-order valence-electron chi connectivity index (χ1n) is 8.49. The van der Waals surface area contributed by atoms with Crippen molar-refractivity contribution < 1.29 is 19.2 Å². The van der Waals surface area contributed by atoms with E-state index in [-0.39, 0.29) is 12.3 Å². The Kier molecular flexibility index (Phi) is 7.13. The number of nitrogens with zero attached hydrogens (tertiary/aromatic N) is 2. The lowest BCUT2D eigenvalue weighted by Gasteiger charge is -2.06. The summed E-state index contributed by atoms with van der Waals surface area (Å²) >= 11 is 0. The number of anilines is 1. The summed E-state index contributed by atoms with van der Waals surface area (Å²) in [6, 6.07) is 7.22. The van der Waals surface area contributed by atoms with Crippen LogP contribution >= 0.6 is 0 Å². The Morgan fingerprint density at radius 1 is 1.12 bits per heavy atom. The monoisotopic (exact) mass is 345 g/mol. The van der Waals surface area contributed by atoms with Crippen LogP contribution in [0.4, 0.5) is 5.69 Å². The van der Waals surface area contributed by atoms with E-state index >= 15 is 0 Å². The van der Waals surface area contributed by atoms with Crippen LogP contribution in [0.3, 0.4) is 0 Å². The predicted octanol–water partition coefficient (Wildman–Crippen LogP) is 3.00. The van der Waals surface area contributed by atoms with Crippen molar-refractivity contribution in [3.8, 4) is 0 Å². The molecule has 0 saturated heterocycles. The van der Waals surface area contributed by atoms with Crippen molar-refractivity contribution in [1.29, 1.82) is 0 Å². The molecule has 2 rings (SSSR count). The van der Waals surface area contributed by atoms with Gasteiger partial charge in [0.05, 0.1) is 0 Å². The molecule has 0 radical (unpaired) electrons. The van der Waals surface area contributed by atoms with E-state index in [0.29, 0.717) is 43.1 Å². The fraction of sp³-hybridized carbons (Fsp3) is 0.444. The zero-order valence-corrected chi connectivity index (χ0v) is 14.3. The van der Waals surface area contributed by atoms with Crippen LogP contribution in [0.25, 0.3) is 0 Å². The molecule has 0 unspecified atom stereocenters. The van der Waals surface area contributed by atoms with Gasteiger partial charge in [0.25, 0.3) is 0 Å². The van der Waals surface area contributed by atoms with E-state index in [1.54, 1.807) is 12.1 Å². The average molecular weight is 345 g/mol. The topological polar surface area (TPSA) is 105 Å². The van der Waals surface area contributed by atoms with Gasteiger partial charge in [-0.3, -0.25) is 9.59 Å². The quantitative estimate of drug-likeness (QED) is 0.686. The molecular weight excluding hydrogens is 322 g/mol. The lowest BCUT2D eigenvalue weighted by atomic mass is 10.1. The van der Waals surface area contributed by atoms with Crippen LogP contribution in [0.15, 0.2) is 28.8 Å². The van der Waals surface area contributed by atoms with Crippen molar-refractivity contribution in [3.63, 3.8) is 0 Å². The molecule has 25 heavy (non-hydrogen) atoms. The van der Waals surface area contributed by atoms with Crippen molar-refractivity contribution in [2.75, 3.05) is 5.32 Å². The third-order valence-corrected chi connectivity index (χ3v) is 3.64. The molecule has 2 aromatic rings. The summed E-state index contributed by atoms with van der Waals surface area (Å²) in [7, 11) is 0. The van der Waals surface area contributed by atoms with Crippen molar-refractivity contribution in [1.82, 2.24) is 10.1 Å². The number of nitrogens with one attached hydrogen (secondary N) is 1. The highest BCUT2D eigenvalue weighted by Gasteiger charge is 2.08. The molecule has 0 aliphatic rings. The predicted molar refractivity (Wildman–Crippen MR) is 92.3 cm³/mol. The summed E-state index contributed by atoms with van der Waals surface area (Å²) in [5.74, 6) is 0.385. The third kappa shape index (κ3) is 6.74. The minimum atomic E-state index is -0.819. The Morgan fingerprint density at radius 2 is 1.88 bits per heavy atom. The number of carboxylic acid groups (broad SMARTS) is 1. The highest BCUT2D eigenvalue weighted by atomic mass is 16.5. The molecule has 0 bridgehead atoms. The van der Waals surface area contributed by atoms with E-state index in [2.05, 4.69) is 22.4 Å². The molecule has 0 spiro atoms. The molecular formula is C18H23N3O4. The summed E-state index contributed by atoms with van der Waals surface area (Å²) in [6.45, 7) is 2.05. The number of carboxylic acids is 1. The molecule has 0 aliphatic carbocycles. The first-order chi connectivity index (χ1) is 12.1. The average Bonchev–Trinajstić information content (AvgIpc) is 3.02. The van der Waals surface area contributed by atoms with Crippen molar-refractivity contribution in [3.05, 3.63) is 41.5 Å². The van der Waals surface area contributed by atoms with E-state index in [4.69, 9.17) is 9.63 Å². The van der Waals surface area contributed by atoms with Crippen LogP contribution in [0, 0.1) is 0 Å². The third-order valence-electron chi connectivity index (χ3n) is 3.64. The van der Waals surface area contributed by atoms with E-state index in [9.17, 15) is 9.59 Å². The summed E-state index contributed by atoms with van der Waals surface area (Å²) in [6.07, 6.45) is 3.93. The number of aliphatic carboxylic acids is 1. The first-order valence-corrected chi connectivity index (χ1v) is 8.49. The summed E-state index contributed by atoms with van der Waals surface area (Å²) < 4.78 is 5.14. The van der Waals surface area contributed by atoms with Gasteiger partial charge in [-0.25, -0.2) is 0 Å². The number of hydrogen-bond acceptors (Lipinski definition) is 5. The second-order valence-corrected chi connectivity index (χ2v) is 5.85. The van der Waals surface area contributed by atoms with Gasteiger partial charge in [-0.05, 0) is 37.0 Å². The van der Waals surface area contributed by atoms with E-state index in [1.807, 2.05) is 12.1 Å². The van der Waals surface area contributed by atoms with E-state index in [0.717, 1.165) is 18.4 Å². The molecule has 134 valence electrons. The molecule has 1 amide bonds. The number of hydrogen-bond donors (Lipinski definition) is 2. The molecule has 0 saturated carbocycles. The van der Waals surface area contributed by atoms with E-state index in [1.165, 1.54) is 0 Å². The maximum atomic E-state index is 12.0. The Morgan fingerprint density at radius 3 is 2.56 bits per heavy atom. The molecule has 1 aromatic carbocycles. The standard InChI is InChI=1S/C18H23N3O4/c1-2-4-15-20-17(25-21-15)6-3-5-16(22)19-14-10-7-13(8-11-14)9-12-18(23)24/h7-8,10-11H,2-6,9,12H2,1H3,(H,19,22)(H,23,24). The molecule has 7 nitrogen and oxygen atoms in total. The van der Waals surface area contributed by atoms with Gasteiger partial charge in [0.2, 0.25) is 11.8 Å². The Balaban J connectivity index is 1.71. The molecule has 7 heteroatoms. The number of amides is 1. The van der Waals surface area contributed by atoms with Gasteiger partial charge in [0.15, 0.2) is 5.82 Å². The number of aryl methyl sites for hydroxylation is 3. The van der Waals surface area contributed by atoms with Crippen molar-refractivity contribution >= 4 is 17.6 Å². The molecule has 2 N–H and O–H groups in total. The van der Waals surface area contributed by atoms with Crippen LogP contribution in [-0.2, 0) is 28.9 Å². The van der Waals surface area contributed by atoms with E-state index < -0.39 is 5.97 Å². The Labute approximate surface area is 146 Å². The fourth-order valence-corrected chi connectivity index (χ4v) is 2.35. The minimum Gasteiger partial charge on any atom is -0.481 e. The number of carbonyl (C=O) groups is 2. The van der Waals surface area contributed by atoms with Gasteiger partial charge in [-0.1, -0.05) is 24.2 Å². The van der Waals surface area contributed by atoms with Crippen LogP contribution in [0.5, 0.6) is 0 Å². The largest absolute Gasteiger partial charge is 0.481 e. The number of benzene rings is 1. The normalized spacial score (nSPS) is 10.6. The zero-order valence-electron chi connectivity index (χ0n) is 14.3. The smallest absolute Gasteiger partial charge is 0.303 e. The summed E-state index contributed by atoms with van der Waals surface area (Å²) in [5, 5.41) is 15.4. The number of carbonyl (C=O) groups excluding carboxylic acids is 1. The minimum absolute atomic E-state index is 0.0772. The Bertz CT molecular complexity index is 695. The van der Waals surface area contributed by atoms with Gasteiger partial charge < -0.3 is 14.9 Å². The number of aromatic nitrogens is 2. The first kappa shape index (κ1) is 18.6. The zero-order chi connectivity index (χ0) is 18.1. The maximum Gasteiger partial charge on any atom is 0.303 e. The van der Waals surface area contributed by atoms with Crippen LogP contribution in [0.2, 0.25) is 0 Å². The van der Waals surface area contributed by atoms with Crippen LogP contribution < -0.4 is 5.32 Å². The Hall–Kier alpha value is -2.70. The lowest BCUT2D eigenvalue weighted by molar-refractivity contribution is -0.137. The SMILES string of the molecule is CCCc1noc(CCCC(=O)Nc2ccc(CCC(=O)O)cc2)n1. The molecule has 1 heterocycles.